The Morgan fingerprint density at radius 2 is 2.21 bits per heavy atom. The molecule has 102 valence electrons. The van der Waals surface area contributed by atoms with Crippen LogP contribution in [0.25, 0.3) is 0 Å². The molecule has 0 saturated carbocycles. The maximum absolute atomic E-state index is 12.4. The summed E-state index contributed by atoms with van der Waals surface area (Å²) in [6, 6.07) is 6.87. The molecule has 3 nitrogen and oxygen atoms in total. The van der Waals surface area contributed by atoms with Gasteiger partial charge in [-0.3, -0.25) is 4.79 Å². The van der Waals surface area contributed by atoms with E-state index in [1.807, 2.05) is 4.90 Å². The Bertz CT molecular complexity index is 498. The fourth-order valence-electron chi connectivity index (χ4n) is 3.32. The summed E-state index contributed by atoms with van der Waals surface area (Å²) in [6.45, 7) is 6.93. The maximum atomic E-state index is 12.4. The van der Waals surface area contributed by atoms with E-state index in [1.54, 1.807) is 0 Å². The number of carbonyl (C=O) groups excluding carboxylic acids is 1. The van der Waals surface area contributed by atoms with Gasteiger partial charge in [0.25, 0.3) is 0 Å². The van der Waals surface area contributed by atoms with Crippen molar-refractivity contribution >= 4 is 5.91 Å². The van der Waals surface area contributed by atoms with E-state index in [-0.39, 0.29) is 5.92 Å². The van der Waals surface area contributed by atoms with Gasteiger partial charge in [0.1, 0.15) is 0 Å². The number of likely N-dealkylation sites (tertiary alicyclic amines) is 1. The van der Waals surface area contributed by atoms with Gasteiger partial charge in [0.2, 0.25) is 5.91 Å². The lowest BCUT2D eigenvalue weighted by molar-refractivity contribution is -0.131. The molecule has 0 spiro atoms. The summed E-state index contributed by atoms with van der Waals surface area (Å²) in [5, 5.41) is 3.49. The van der Waals surface area contributed by atoms with E-state index in [4.69, 9.17) is 0 Å². The Kier molecular flexibility index (Phi) is 3.31. The molecule has 2 atom stereocenters. The number of nitrogens with one attached hydrogen (secondary N) is 1. The third-order valence-electron chi connectivity index (χ3n) is 4.50. The molecular formula is C16H22N2O. The average Bonchev–Trinajstić information content (AvgIpc) is 2.72. The molecule has 2 heterocycles. The van der Waals surface area contributed by atoms with E-state index in [1.165, 1.54) is 16.7 Å². The summed E-state index contributed by atoms with van der Waals surface area (Å²) < 4.78 is 0. The molecule has 2 aliphatic heterocycles. The minimum Gasteiger partial charge on any atom is -0.336 e. The highest BCUT2D eigenvalue weighted by molar-refractivity contribution is 5.82. The molecule has 1 amide bonds. The molecule has 0 aliphatic carbocycles. The van der Waals surface area contributed by atoms with Crippen LogP contribution < -0.4 is 5.32 Å². The van der Waals surface area contributed by atoms with Crippen molar-refractivity contribution < 1.29 is 4.79 Å². The van der Waals surface area contributed by atoms with Crippen molar-refractivity contribution in [2.24, 2.45) is 5.92 Å². The van der Waals surface area contributed by atoms with Crippen LogP contribution in [0.1, 0.15) is 29.5 Å². The molecule has 3 rings (SSSR count). The number of hydrogen-bond acceptors (Lipinski definition) is 2. The molecule has 3 heteroatoms. The third kappa shape index (κ3) is 2.39. The second-order valence-electron chi connectivity index (χ2n) is 5.96. The highest BCUT2D eigenvalue weighted by Gasteiger charge is 2.41. The SMILES string of the molecule is Cc1ccc(C)c(CN2CC3NCCCC3C2=O)c1. The average molecular weight is 258 g/mol. The van der Waals surface area contributed by atoms with Gasteiger partial charge in [0.05, 0.1) is 5.92 Å². The molecule has 0 bridgehead atoms. The van der Waals surface area contributed by atoms with Crippen LogP contribution >= 0.6 is 0 Å². The van der Waals surface area contributed by atoms with Crippen LogP contribution in [0.5, 0.6) is 0 Å². The molecule has 2 saturated heterocycles. The Labute approximate surface area is 115 Å². The zero-order valence-electron chi connectivity index (χ0n) is 11.8. The largest absolute Gasteiger partial charge is 0.336 e. The number of nitrogens with zero attached hydrogens (tertiary/aromatic N) is 1. The van der Waals surface area contributed by atoms with Crippen molar-refractivity contribution in [1.29, 1.82) is 0 Å². The van der Waals surface area contributed by atoms with Gasteiger partial charge < -0.3 is 10.2 Å². The van der Waals surface area contributed by atoms with Crippen molar-refractivity contribution in [1.82, 2.24) is 10.2 Å². The van der Waals surface area contributed by atoms with Crippen molar-refractivity contribution in [3.63, 3.8) is 0 Å². The van der Waals surface area contributed by atoms with E-state index in [2.05, 4.69) is 37.4 Å². The predicted molar refractivity (Wildman–Crippen MR) is 75.8 cm³/mol. The first-order valence-electron chi connectivity index (χ1n) is 7.23. The number of carbonyl (C=O) groups is 1. The van der Waals surface area contributed by atoms with Crippen LogP contribution in [0, 0.1) is 19.8 Å². The first-order chi connectivity index (χ1) is 9.15. The molecule has 2 aliphatic rings. The smallest absolute Gasteiger partial charge is 0.227 e. The maximum Gasteiger partial charge on any atom is 0.227 e. The molecule has 0 aromatic heterocycles. The monoisotopic (exact) mass is 258 g/mol. The van der Waals surface area contributed by atoms with Gasteiger partial charge in [0, 0.05) is 19.1 Å². The highest BCUT2D eigenvalue weighted by Crippen LogP contribution is 2.28. The van der Waals surface area contributed by atoms with E-state index in [9.17, 15) is 4.79 Å². The Balaban J connectivity index is 1.76. The summed E-state index contributed by atoms with van der Waals surface area (Å²) in [6.07, 6.45) is 2.18. The second kappa shape index (κ2) is 4.97. The minimum absolute atomic E-state index is 0.221. The standard InChI is InChI=1S/C16H22N2O/c1-11-5-6-12(2)13(8-11)9-18-10-15-14(16(18)19)4-3-7-17-15/h5-6,8,14-15,17H,3-4,7,9-10H2,1-2H3. The number of piperidine rings is 1. The Morgan fingerprint density at radius 1 is 1.37 bits per heavy atom. The van der Waals surface area contributed by atoms with Crippen molar-refractivity contribution in [3.05, 3.63) is 34.9 Å². The number of benzene rings is 1. The lowest BCUT2D eigenvalue weighted by Gasteiger charge is -2.23. The normalized spacial score (nSPS) is 26.6. The van der Waals surface area contributed by atoms with Gasteiger partial charge in [-0.15, -0.1) is 0 Å². The zero-order chi connectivity index (χ0) is 13.4. The first-order valence-corrected chi connectivity index (χ1v) is 7.23. The number of rotatable bonds is 2. The molecule has 1 aromatic rings. The third-order valence-corrected chi connectivity index (χ3v) is 4.50. The van der Waals surface area contributed by atoms with E-state index < -0.39 is 0 Å². The Hall–Kier alpha value is -1.35. The van der Waals surface area contributed by atoms with Crippen LogP contribution in [0.4, 0.5) is 0 Å². The van der Waals surface area contributed by atoms with Crippen LogP contribution in [0.2, 0.25) is 0 Å². The van der Waals surface area contributed by atoms with E-state index >= 15 is 0 Å². The molecule has 0 radical (unpaired) electrons. The summed E-state index contributed by atoms with van der Waals surface area (Å²) in [5.41, 5.74) is 3.83. The van der Waals surface area contributed by atoms with Gasteiger partial charge in [-0.25, -0.2) is 0 Å². The zero-order valence-corrected chi connectivity index (χ0v) is 11.8. The van der Waals surface area contributed by atoms with Crippen LogP contribution in [0.15, 0.2) is 18.2 Å². The number of hydrogen-bond donors (Lipinski definition) is 1. The Morgan fingerprint density at radius 3 is 3.00 bits per heavy atom. The van der Waals surface area contributed by atoms with Crippen molar-refractivity contribution in [3.8, 4) is 0 Å². The molecular weight excluding hydrogens is 236 g/mol. The quantitative estimate of drug-likeness (QED) is 0.880. The van der Waals surface area contributed by atoms with Gasteiger partial charge in [-0.1, -0.05) is 23.8 Å². The lowest BCUT2D eigenvalue weighted by Crippen LogP contribution is -2.41. The summed E-state index contributed by atoms with van der Waals surface area (Å²) in [4.78, 5) is 14.5. The van der Waals surface area contributed by atoms with Gasteiger partial charge in [0.15, 0.2) is 0 Å². The van der Waals surface area contributed by atoms with Gasteiger partial charge in [-0.2, -0.15) is 0 Å². The summed E-state index contributed by atoms with van der Waals surface area (Å²) in [7, 11) is 0. The van der Waals surface area contributed by atoms with Crippen molar-refractivity contribution in [2.75, 3.05) is 13.1 Å². The highest BCUT2D eigenvalue weighted by atomic mass is 16.2. The second-order valence-corrected chi connectivity index (χ2v) is 5.96. The summed E-state index contributed by atoms with van der Waals surface area (Å²) in [5.74, 6) is 0.567. The van der Waals surface area contributed by atoms with Gasteiger partial charge in [-0.05, 0) is 44.4 Å². The lowest BCUT2D eigenvalue weighted by atomic mass is 9.94. The van der Waals surface area contributed by atoms with Crippen LogP contribution in [-0.2, 0) is 11.3 Å². The fraction of sp³-hybridized carbons (Fsp3) is 0.562. The van der Waals surface area contributed by atoms with Gasteiger partial charge >= 0.3 is 0 Å². The molecule has 1 N–H and O–H groups in total. The molecule has 1 aromatic carbocycles. The molecule has 2 fully saturated rings. The minimum atomic E-state index is 0.221. The molecule has 19 heavy (non-hydrogen) atoms. The number of aryl methyl sites for hydroxylation is 2. The first kappa shape index (κ1) is 12.7. The predicted octanol–water partition coefficient (Wildman–Crippen LogP) is 2.01. The summed E-state index contributed by atoms with van der Waals surface area (Å²) >= 11 is 0. The van der Waals surface area contributed by atoms with E-state index in [0.29, 0.717) is 11.9 Å². The van der Waals surface area contributed by atoms with Crippen LogP contribution in [0.3, 0.4) is 0 Å². The topological polar surface area (TPSA) is 32.3 Å². The van der Waals surface area contributed by atoms with Crippen LogP contribution in [-0.4, -0.2) is 29.9 Å². The van der Waals surface area contributed by atoms with Crippen molar-refractivity contribution in [2.45, 2.75) is 39.3 Å². The molecule has 2 unspecified atom stereocenters. The van der Waals surface area contributed by atoms with E-state index in [0.717, 1.165) is 32.5 Å². The fourth-order valence-corrected chi connectivity index (χ4v) is 3.32. The number of fused-ring (bicyclic) bond motifs is 1. The number of amides is 1.